The van der Waals surface area contributed by atoms with E-state index in [2.05, 4.69) is 40.4 Å². The van der Waals surface area contributed by atoms with Crippen LogP contribution < -0.4 is 10.6 Å². The van der Waals surface area contributed by atoms with Crippen LogP contribution in [0.2, 0.25) is 0 Å². The van der Waals surface area contributed by atoms with Crippen molar-refractivity contribution in [2.75, 3.05) is 25.0 Å². The quantitative estimate of drug-likeness (QED) is 0.680. The molecule has 0 aliphatic carbocycles. The minimum Gasteiger partial charge on any atom is -0.396 e. The second-order valence-corrected chi connectivity index (χ2v) is 5.94. The fourth-order valence-corrected chi connectivity index (χ4v) is 2.22. The second kappa shape index (κ2) is 8.39. The minimum absolute atomic E-state index is 0.0774. The van der Waals surface area contributed by atoms with Gasteiger partial charge in [0.15, 0.2) is 0 Å². The van der Waals surface area contributed by atoms with Crippen molar-refractivity contribution in [1.82, 2.24) is 5.32 Å². The molecule has 0 aliphatic rings. The van der Waals surface area contributed by atoms with Crippen molar-refractivity contribution in [2.24, 2.45) is 5.41 Å². The molecule has 0 radical (unpaired) electrons. The van der Waals surface area contributed by atoms with Crippen LogP contribution in [0.3, 0.4) is 0 Å². The smallest absolute Gasteiger partial charge is 0.238 e. The van der Waals surface area contributed by atoms with E-state index >= 15 is 0 Å². The highest BCUT2D eigenvalue weighted by atomic mass is 79.9. The number of carbonyl (C=O) groups excluding carboxylic acids is 1. The Morgan fingerprint density at radius 1 is 1.25 bits per heavy atom. The van der Waals surface area contributed by atoms with E-state index in [-0.39, 0.29) is 24.5 Å². The predicted molar refractivity (Wildman–Crippen MR) is 85.7 cm³/mol. The van der Waals surface area contributed by atoms with E-state index in [0.717, 1.165) is 23.0 Å². The maximum atomic E-state index is 11.8. The molecule has 0 spiro atoms. The van der Waals surface area contributed by atoms with Gasteiger partial charge in [-0.3, -0.25) is 4.79 Å². The van der Waals surface area contributed by atoms with E-state index < -0.39 is 0 Å². The summed E-state index contributed by atoms with van der Waals surface area (Å²) in [5.74, 6) is -0.0774. The highest BCUT2D eigenvalue weighted by Crippen LogP contribution is 2.24. The maximum absolute atomic E-state index is 11.8. The Balaban J connectivity index is 2.38. The topological polar surface area (TPSA) is 61.4 Å². The Bertz CT molecular complexity index is 408. The van der Waals surface area contributed by atoms with Crippen molar-refractivity contribution in [3.63, 3.8) is 0 Å². The lowest BCUT2D eigenvalue weighted by Gasteiger charge is -2.29. The first-order valence-electron chi connectivity index (χ1n) is 6.92. The zero-order valence-corrected chi connectivity index (χ0v) is 13.7. The number of aliphatic hydroxyl groups excluding tert-OH is 1. The average molecular weight is 343 g/mol. The zero-order chi connectivity index (χ0) is 15.0. The Labute approximate surface area is 129 Å². The molecular formula is C15H23BrN2O2. The van der Waals surface area contributed by atoms with Crippen LogP contribution in [0, 0.1) is 5.41 Å². The number of carbonyl (C=O) groups is 1. The highest BCUT2D eigenvalue weighted by molar-refractivity contribution is 9.10. The summed E-state index contributed by atoms with van der Waals surface area (Å²) < 4.78 is 0.979. The summed E-state index contributed by atoms with van der Waals surface area (Å²) >= 11 is 3.35. The van der Waals surface area contributed by atoms with E-state index in [4.69, 9.17) is 0 Å². The van der Waals surface area contributed by atoms with Crippen LogP contribution in [0.1, 0.15) is 26.7 Å². The van der Waals surface area contributed by atoms with Crippen molar-refractivity contribution in [3.8, 4) is 0 Å². The Morgan fingerprint density at radius 2 is 1.85 bits per heavy atom. The number of amides is 1. The van der Waals surface area contributed by atoms with Gasteiger partial charge in [0.05, 0.1) is 6.54 Å². The molecule has 4 nitrogen and oxygen atoms in total. The molecule has 0 aromatic heterocycles. The van der Waals surface area contributed by atoms with Crippen LogP contribution >= 0.6 is 15.9 Å². The highest BCUT2D eigenvalue weighted by Gasteiger charge is 2.24. The zero-order valence-electron chi connectivity index (χ0n) is 12.1. The summed E-state index contributed by atoms with van der Waals surface area (Å²) in [4.78, 5) is 11.8. The summed E-state index contributed by atoms with van der Waals surface area (Å²) in [6.07, 6.45) is 1.78. The number of aliphatic hydroxyl groups is 1. The van der Waals surface area contributed by atoms with Gasteiger partial charge in [0.2, 0.25) is 5.91 Å². The largest absolute Gasteiger partial charge is 0.396 e. The van der Waals surface area contributed by atoms with Gasteiger partial charge in [-0.1, -0.05) is 29.8 Å². The van der Waals surface area contributed by atoms with E-state index in [9.17, 15) is 9.90 Å². The predicted octanol–water partition coefficient (Wildman–Crippen LogP) is 2.78. The molecule has 1 aromatic rings. The third kappa shape index (κ3) is 5.23. The molecule has 0 saturated carbocycles. The molecule has 5 heteroatoms. The van der Waals surface area contributed by atoms with Crippen LogP contribution in [0.5, 0.6) is 0 Å². The van der Waals surface area contributed by atoms with Gasteiger partial charge >= 0.3 is 0 Å². The molecule has 3 N–H and O–H groups in total. The summed E-state index contributed by atoms with van der Waals surface area (Å²) in [5, 5.41) is 15.4. The van der Waals surface area contributed by atoms with Crippen LogP contribution in [0.4, 0.5) is 5.69 Å². The maximum Gasteiger partial charge on any atom is 0.238 e. The number of nitrogens with one attached hydrogen (secondary N) is 2. The molecule has 1 amide bonds. The lowest BCUT2D eigenvalue weighted by Crippen LogP contribution is -2.39. The molecule has 1 rings (SSSR count). The standard InChI is InChI=1S/C15H23BrN2O2/c1-3-15(4-2,11-19)10-17-9-14(20)18-13-7-5-12(16)6-8-13/h5-8,17,19H,3-4,9-11H2,1-2H3,(H,18,20). The van der Waals surface area contributed by atoms with E-state index in [1.54, 1.807) is 0 Å². The van der Waals surface area contributed by atoms with E-state index in [0.29, 0.717) is 6.54 Å². The fourth-order valence-electron chi connectivity index (χ4n) is 1.96. The molecule has 0 atom stereocenters. The minimum atomic E-state index is -0.127. The van der Waals surface area contributed by atoms with Gasteiger partial charge in [0.25, 0.3) is 0 Å². The summed E-state index contributed by atoms with van der Waals surface area (Å²) in [7, 11) is 0. The van der Waals surface area contributed by atoms with Gasteiger partial charge < -0.3 is 15.7 Å². The number of benzene rings is 1. The van der Waals surface area contributed by atoms with Crippen molar-refractivity contribution in [2.45, 2.75) is 26.7 Å². The van der Waals surface area contributed by atoms with Crippen LogP contribution in [-0.2, 0) is 4.79 Å². The molecule has 0 bridgehead atoms. The third-order valence-electron chi connectivity index (χ3n) is 3.75. The second-order valence-electron chi connectivity index (χ2n) is 5.02. The molecule has 0 saturated heterocycles. The van der Waals surface area contributed by atoms with Crippen LogP contribution in [0.15, 0.2) is 28.7 Å². The normalized spacial score (nSPS) is 11.4. The van der Waals surface area contributed by atoms with E-state index in [1.165, 1.54) is 0 Å². The Hall–Kier alpha value is -0.910. The molecule has 0 unspecified atom stereocenters. The molecule has 1 aromatic carbocycles. The third-order valence-corrected chi connectivity index (χ3v) is 4.28. The first kappa shape index (κ1) is 17.1. The van der Waals surface area contributed by atoms with Crippen molar-refractivity contribution in [1.29, 1.82) is 0 Å². The molecule has 112 valence electrons. The molecule has 0 aliphatic heterocycles. The lowest BCUT2D eigenvalue weighted by molar-refractivity contribution is -0.115. The molecular weight excluding hydrogens is 320 g/mol. The van der Waals surface area contributed by atoms with Crippen molar-refractivity contribution < 1.29 is 9.90 Å². The van der Waals surface area contributed by atoms with Gasteiger partial charge in [-0.2, -0.15) is 0 Å². The van der Waals surface area contributed by atoms with Gasteiger partial charge in [0.1, 0.15) is 0 Å². The number of halogens is 1. The van der Waals surface area contributed by atoms with Gasteiger partial charge in [-0.25, -0.2) is 0 Å². The SMILES string of the molecule is CCC(CC)(CO)CNCC(=O)Nc1ccc(Br)cc1. The molecule has 20 heavy (non-hydrogen) atoms. The first-order chi connectivity index (χ1) is 9.55. The number of hydrogen-bond donors (Lipinski definition) is 3. The summed E-state index contributed by atoms with van der Waals surface area (Å²) in [6, 6.07) is 7.46. The summed E-state index contributed by atoms with van der Waals surface area (Å²) in [5.41, 5.74) is 0.650. The van der Waals surface area contributed by atoms with Gasteiger partial charge in [-0.15, -0.1) is 0 Å². The number of hydrogen-bond acceptors (Lipinski definition) is 3. The van der Waals surface area contributed by atoms with Crippen molar-refractivity contribution in [3.05, 3.63) is 28.7 Å². The first-order valence-corrected chi connectivity index (χ1v) is 7.71. The van der Waals surface area contributed by atoms with Gasteiger partial charge in [-0.05, 0) is 37.1 Å². The van der Waals surface area contributed by atoms with Crippen molar-refractivity contribution >= 4 is 27.5 Å². The number of rotatable bonds is 8. The Kier molecular flexibility index (Phi) is 7.19. The van der Waals surface area contributed by atoms with Crippen LogP contribution in [-0.4, -0.2) is 30.7 Å². The Morgan fingerprint density at radius 3 is 2.35 bits per heavy atom. The molecule has 0 fully saturated rings. The van der Waals surface area contributed by atoms with Gasteiger partial charge in [0, 0.05) is 28.7 Å². The molecule has 0 heterocycles. The van der Waals surface area contributed by atoms with E-state index in [1.807, 2.05) is 24.3 Å². The monoisotopic (exact) mass is 342 g/mol. The van der Waals surface area contributed by atoms with Crippen LogP contribution in [0.25, 0.3) is 0 Å². The number of anilines is 1. The summed E-state index contributed by atoms with van der Waals surface area (Å²) in [6.45, 7) is 5.15. The lowest BCUT2D eigenvalue weighted by atomic mass is 9.83. The average Bonchev–Trinajstić information content (AvgIpc) is 2.47. The fraction of sp³-hybridized carbons (Fsp3) is 0.533.